The van der Waals surface area contributed by atoms with Crippen molar-refractivity contribution in [1.29, 1.82) is 0 Å². The first-order chi connectivity index (χ1) is 15.8. The van der Waals surface area contributed by atoms with Gasteiger partial charge in [-0.05, 0) is 19.8 Å². The molecule has 3 aliphatic rings. The van der Waals surface area contributed by atoms with Gasteiger partial charge in [-0.15, -0.1) is 0 Å². The molecule has 6 heterocycles. The van der Waals surface area contributed by atoms with Crippen LogP contribution in [0.3, 0.4) is 0 Å². The van der Waals surface area contributed by atoms with Crippen molar-refractivity contribution in [3.8, 4) is 0 Å². The van der Waals surface area contributed by atoms with E-state index in [1.165, 1.54) is 6.92 Å². The van der Waals surface area contributed by atoms with Crippen molar-refractivity contribution in [3.05, 3.63) is 30.0 Å². The molecular weight excluding hydrogens is 437 g/mol. The monoisotopic (exact) mass is 460 g/mol. The van der Waals surface area contributed by atoms with Crippen LogP contribution >= 0.6 is 0 Å². The summed E-state index contributed by atoms with van der Waals surface area (Å²) in [6.45, 7) is 5.83. The summed E-state index contributed by atoms with van der Waals surface area (Å²) < 4.78 is 46.6. The number of halogens is 3. The molecule has 0 unspecified atom stereocenters. The standard InChI is InChI=1S/C21H23F3N8O/c1-13-27-16(21(22,23)24)6-17(28-13)30-4-2-20(3-5-30)11-31(12-20)18-8-25-15-7-26-32(19(15)29-18)14-9-33-10-14/h6-8,14H,2-5,9-12H2,1H3. The van der Waals surface area contributed by atoms with E-state index in [9.17, 15) is 13.2 Å². The predicted octanol–water partition coefficient (Wildman–Crippen LogP) is 2.62. The Hall–Kier alpha value is -3.02. The molecule has 0 aliphatic carbocycles. The highest BCUT2D eigenvalue weighted by molar-refractivity contribution is 5.71. The van der Waals surface area contributed by atoms with Crippen LogP contribution in [0.4, 0.5) is 24.8 Å². The first-order valence-corrected chi connectivity index (χ1v) is 11.0. The first-order valence-electron chi connectivity index (χ1n) is 11.0. The third kappa shape index (κ3) is 3.56. The summed E-state index contributed by atoms with van der Waals surface area (Å²) in [6, 6.07) is 1.27. The van der Waals surface area contributed by atoms with Gasteiger partial charge in [0.05, 0.1) is 25.6 Å². The van der Waals surface area contributed by atoms with E-state index in [1.54, 1.807) is 12.4 Å². The number of hydrogen-bond donors (Lipinski definition) is 0. The maximum Gasteiger partial charge on any atom is 0.433 e. The van der Waals surface area contributed by atoms with Crippen LogP contribution in [-0.4, -0.2) is 69.1 Å². The molecule has 0 saturated carbocycles. The van der Waals surface area contributed by atoms with Gasteiger partial charge >= 0.3 is 6.18 Å². The minimum atomic E-state index is -4.48. The molecule has 33 heavy (non-hydrogen) atoms. The smallest absolute Gasteiger partial charge is 0.377 e. The third-order valence-corrected chi connectivity index (χ3v) is 6.90. The van der Waals surface area contributed by atoms with E-state index in [-0.39, 0.29) is 17.3 Å². The van der Waals surface area contributed by atoms with Gasteiger partial charge in [0.15, 0.2) is 5.65 Å². The van der Waals surface area contributed by atoms with Gasteiger partial charge in [-0.3, -0.25) is 0 Å². The summed E-state index contributed by atoms with van der Waals surface area (Å²) in [4.78, 5) is 21.3. The van der Waals surface area contributed by atoms with Crippen molar-refractivity contribution in [2.45, 2.75) is 32.0 Å². The van der Waals surface area contributed by atoms with E-state index in [2.05, 4.69) is 25.0 Å². The van der Waals surface area contributed by atoms with E-state index in [1.807, 2.05) is 9.58 Å². The Balaban J connectivity index is 1.13. The lowest BCUT2D eigenvalue weighted by Crippen LogP contribution is -2.61. The normalized spacial score (nSPS) is 20.8. The number of rotatable bonds is 3. The molecule has 0 radical (unpaired) electrons. The Kier molecular flexibility index (Phi) is 4.51. The van der Waals surface area contributed by atoms with Crippen LogP contribution < -0.4 is 9.80 Å². The molecule has 3 fully saturated rings. The van der Waals surface area contributed by atoms with Crippen molar-refractivity contribution in [2.75, 3.05) is 49.2 Å². The molecule has 174 valence electrons. The van der Waals surface area contributed by atoms with Crippen LogP contribution in [0.2, 0.25) is 0 Å². The molecule has 3 saturated heterocycles. The Morgan fingerprint density at radius 2 is 1.76 bits per heavy atom. The first kappa shape index (κ1) is 20.6. The van der Waals surface area contributed by atoms with Crippen LogP contribution in [0.1, 0.15) is 30.4 Å². The predicted molar refractivity (Wildman–Crippen MR) is 113 cm³/mol. The molecule has 0 aromatic carbocycles. The zero-order valence-electron chi connectivity index (χ0n) is 18.1. The Labute approximate surface area is 187 Å². The number of hydrogen-bond acceptors (Lipinski definition) is 8. The van der Waals surface area contributed by atoms with Gasteiger partial charge in [0.2, 0.25) is 0 Å². The lowest BCUT2D eigenvalue weighted by molar-refractivity contribution is -0.141. The minimum absolute atomic E-state index is 0.136. The van der Waals surface area contributed by atoms with Gasteiger partial charge in [0.1, 0.15) is 34.7 Å². The fourth-order valence-electron chi connectivity index (χ4n) is 4.91. The van der Waals surface area contributed by atoms with E-state index in [0.29, 0.717) is 32.1 Å². The SMILES string of the molecule is Cc1nc(N2CCC3(CC2)CN(c2cnc4cnn(C5COC5)c4n2)C3)cc(C(F)(F)F)n1. The van der Waals surface area contributed by atoms with Gasteiger partial charge in [-0.25, -0.2) is 24.6 Å². The highest BCUT2D eigenvalue weighted by Gasteiger charge is 2.46. The second kappa shape index (κ2) is 7.24. The summed E-state index contributed by atoms with van der Waals surface area (Å²) in [6.07, 6.45) is 0.825. The highest BCUT2D eigenvalue weighted by atomic mass is 19.4. The molecular formula is C21H23F3N8O. The second-order valence-electron chi connectivity index (χ2n) is 9.22. The fourth-order valence-corrected chi connectivity index (χ4v) is 4.91. The molecule has 0 bridgehead atoms. The summed E-state index contributed by atoms with van der Waals surface area (Å²) in [5.41, 5.74) is 0.801. The van der Waals surface area contributed by atoms with Crippen molar-refractivity contribution >= 4 is 22.8 Å². The summed E-state index contributed by atoms with van der Waals surface area (Å²) in [7, 11) is 0. The molecule has 0 amide bonds. The maximum absolute atomic E-state index is 13.1. The third-order valence-electron chi connectivity index (χ3n) is 6.90. The van der Waals surface area contributed by atoms with Crippen molar-refractivity contribution in [3.63, 3.8) is 0 Å². The van der Waals surface area contributed by atoms with Gasteiger partial charge < -0.3 is 14.5 Å². The van der Waals surface area contributed by atoms with Crippen molar-refractivity contribution < 1.29 is 17.9 Å². The van der Waals surface area contributed by atoms with Crippen LogP contribution in [0, 0.1) is 12.3 Å². The number of alkyl halides is 3. The van der Waals surface area contributed by atoms with Crippen molar-refractivity contribution in [2.24, 2.45) is 5.41 Å². The number of anilines is 2. The number of fused-ring (bicyclic) bond motifs is 1. The number of aromatic nitrogens is 6. The topological polar surface area (TPSA) is 85.1 Å². The van der Waals surface area contributed by atoms with Crippen LogP contribution in [0.15, 0.2) is 18.5 Å². The molecule has 9 nitrogen and oxygen atoms in total. The summed E-state index contributed by atoms with van der Waals surface area (Å²) in [5, 5.41) is 4.42. The van der Waals surface area contributed by atoms with Crippen LogP contribution in [-0.2, 0) is 10.9 Å². The molecule has 3 aromatic heterocycles. The Morgan fingerprint density at radius 1 is 1.00 bits per heavy atom. The number of nitrogens with zero attached hydrogens (tertiary/aromatic N) is 8. The Bertz CT molecular complexity index is 1190. The van der Waals surface area contributed by atoms with Gasteiger partial charge in [0.25, 0.3) is 0 Å². The lowest BCUT2D eigenvalue weighted by Gasteiger charge is -2.54. The minimum Gasteiger partial charge on any atom is -0.377 e. The molecule has 12 heteroatoms. The maximum atomic E-state index is 13.1. The van der Waals surface area contributed by atoms with E-state index in [4.69, 9.17) is 9.72 Å². The average Bonchev–Trinajstić information content (AvgIpc) is 3.12. The van der Waals surface area contributed by atoms with Crippen LogP contribution in [0.5, 0.6) is 0 Å². The second-order valence-corrected chi connectivity index (χ2v) is 9.22. The fraction of sp³-hybridized carbons (Fsp3) is 0.571. The molecule has 0 atom stereocenters. The number of piperidine rings is 1. The van der Waals surface area contributed by atoms with Gasteiger partial charge in [-0.1, -0.05) is 0 Å². The molecule has 6 rings (SSSR count). The zero-order chi connectivity index (χ0) is 22.8. The molecule has 1 spiro atoms. The zero-order valence-corrected chi connectivity index (χ0v) is 18.1. The van der Waals surface area contributed by atoms with Crippen molar-refractivity contribution in [1.82, 2.24) is 29.7 Å². The quantitative estimate of drug-likeness (QED) is 0.590. The van der Waals surface area contributed by atoms with E-state index >= 15 is 0 Å². The Morgan fingerprint density at radius 3 is 2.42 bits per heavy atom. The summed E-state index contributed by atoms with van der Waals surface area (Å²) >= 11 is 0. The molecule has 0 N–H and O–H groups in total. The van der Waals surface area contributed by atoms with Crippen LogP contribution in [0.25, 0.3) is 11.2 Å². The number of ether oxygens (including phenoxy) is 1. The summed E-state index contributed by atoms with van der Waals surface area (Å²) in [5.74, 6) is 1.32. The van der Waals surface area contributed by atoms with Gasteiger partial charge in [0, 0.05) is 37.7 Å². The lowest BCUT2D eigenvalue weighted by atomic mass is 9.72. The molecule has 3 aliphatic heterocycles. The van der Waals surface area contributed by atoms with Gasteiger partial charge in [-0.2, -0.15) is 18.3 Å². The average molecular weight is 460 g/mol. The van der Waals surface area contributed by atoms with E-state index < -0.39 is 11.9 Å². The number of aryl methyl sites for hydroxylation is 1. The largest absolute Gasteiger partial charge is 0.433 e. The highest BCUT2D eigenvalue weighted by Crippen LogP contribution is 2.43. The van der Waals surface area contributed by atoms with E-state index in [0.717, 1.165) is 49.0 Å². The molecule has 3 aromatic rings.